The Morgan fingerprint density at radius 2 is 1.51 bits per heavy atom. The van der Waals surface area contributed by atoms with Gasteiger partial charge in [-0.3, -0.25) is 34.3 Å². The number of likely N-dealkylation sites (tertiary alicyclic amines) is 3. The van der Waals surface area contributed by atoms with Crippen LogP contribution in [0.25, 0.3) is 22.3 Å². The zero-order valence-electron chi connectivity index (χ0n) is 43.8. The van der Waals surface area contributed by atoms with Crippen molar-refractivity contribution in [3.05, 3.63) is 90.3 Å². The Bertz CT molecular complexity index is 3050. The van der Waals surface area contributed by atoms with E-state index in [0.29, 0.717) is 87.9 Å². The van der Waals surface area contributed by atoms with Crippen molar-refractivity contribution in [3.8, 4) is 11.3 Å². The number of pyridine rings is 2. The third kappa shape index (κ3) is 9.39. The maximum absolute atomic E-state index is 15.3. The molecular formula is C59H70FN11O5. The van der Waals surface area contributed by atoms with E-state index in [1.165, 1.54) is 25.3 Å². The minimum atomic E-state index is -0.743. The average Bonchev–Trinajstić information content (AvgIpc) is 3.96. The number of anilines is 4. The lowest BCUT2D eigenvalue weighted by molar-refractivity contribution is -0.144. The number of hydrogen-bond donors (Lipinski definition) is 3. The lowest BCUT2D eigenvalue weighted by atomic mass is 9.73. The first kappa shape index (κ1) is 50.1. The Balaban J connectivity index is 0.705. The summed E-state index contributed by atoms with van der Waals surface area (Å²) in [5.41, 5.74) is 6.21. The number of imide groups is 1. The van der Waals surface area contributed by atoms with Gasteiger partial charge in [-0.15, -0.1) is 0 Å². The number of carbonyl (C=O) groups is 5. The van der Waals surface area contributed by atoms with Crippen LogP contribution in [0, 0.1) is 17.7 Å². The quantitative estimate of drug-likeness (QED) is 0.108. The van der Waals surface area contributed by atoms with Crippen LogP contribution in [0.15, 0.2) is 73.3 Å². The highest BCUT2D eigenvalue weighted by molar-refractivity contribution is 6.09. The molecule has 4 saturated heterocycles. The largest absolute Gasteiger partial charge is 0.381 e. The molecule has 0 bridgehead atoms. The number of rotatable bonds is 11. The molecule has 76 heavy (non-hydrogen) atoms. The van der Waals surface area contributed by atoms with Crippen LogP contribution in [0.5, 0.6) is 0 Å². The van der Waals surface area contributed by atoms with Crippen molar-refractivity contribution in [2.24, 2.45) is 11.8 Å². The summed E-state index contributed by atoms with van der Waals surface area (Å²) in [5.74, 6) is -0.544. The van der Waals surface area contributed by atoms with Crippen LogP contribution >= 0.6 is 0 Å². The van der Waals surface area contributed by atoms with Gasteiger partial charge in [0.05, 0.1) is 40.2 Å². The van der Waals surface area contributed by atoms with E-state index in [-0.39, 0.29) is 65.3 Å². The van der Waals surface area contributed by atoms with Gasteiger partial charge in [-0.05, 0) is 152 Å². The second-order valence-corrected chi connectivity index (χ2v) is 23.1. The summed E-state index contributed by atoms with van der Waals surface area (Å²) in [7, 11) is 0. The van der Waals surface area contributed by atoms with Gasteiger partial charge in [0.25, 0.3) is 0 Å². The Morgan fingerprint density at radius 1 is 0.789 bits per heavy atom. The second-order valence-electron chi connectivity index (χ2n) is 23.1. The first-order valence-corrected chi connectivity index (χ1v) is 28.2. The van der Waals surface area contributed by atoms with Gasteiger partial charge in [0.1, 0.15) is 11.3 Å². The lowest BCUT2D eigenvalue weighted by Crippen LogP contribution is -2.58. The molecule has 8 heterocycles. The van der Waals surface area contributed by atoms with Crippen molar-refractivity contribution in [2.45, 2.75) is 146 Å². The van der Waals surface area contributed by atoms with Gasteiger partial charge in [-0.1, -0.05) is 30.7 Å². The molecule has 16 nitrogen and oxygen atoms in total. The van der Waals surface area contributed by atoms with E-state index in [1.807, 2.05) is 26.5 Å². The molecule has 7 aliphatic rings. The number of benzene rings is 2. The molecule has 1 spiro atoms. The van der Waals surface area contributed by atoms with E-state index >= 15 is 9.18 Å². The third-order valence-corrected chi connectivity index (χ3v) is 18.2. The molecule has 17 heteroatoms. The summed E-state index contributed by atoms with van der Waals surface area (Å²) in [6, 6.07) is 17.7. The molecule has 3 N–H and O–H groups in total. The molecule has 5 amide bonds. The summed E-state index contributed by atoms with van der Waals surface area (Å²) in [6.07, 6.45) is 17.2. The number of piperidine rings is 4. The van der Waals surface area contributed by atoms with Gasteiger partial charge in [0.15, 0.2) is 5.82 Å². The normalized spacial score (nSPS) is 25.2. The third-order valence-electron chi connectivity index (χ3n) is 18.2. The maximum atomic E-state index is 15.3. The SMILES string of the molecule is CC(C)n1cnc2cc(-c3ccc4c(c3)N(C3CC(N5CCCCC5)C3)C(=O)C43CCN(C(=O)C4CCN(C(=O)C5CCC(Nc6cncc([C@H]7CCC(=O)NC7=O)c6)CC5)CC4)CC3)nc(Nc3ccccc3F)c21. The number of nitrogens with one attached hydrogen (secondary N) is 3. The van der Waals surface area contributed by atoms with Crippen molar-refractivity contribution >= 4 is 63.4 Å². The molecule has 398 valence electrons. The first-order valence-electron chi connectivity index (χ1n) is 28.2. The molecular weight excluding hydrogens is 962 g/mol. The number of carbonyl (C=O) groups excluding carboxylic acids is 5. The van der Waals surface area contributed by atoms with Gasteiger partial charge >= 0.3 is 0 Å². The van der Waals surface area contributed by atoms with Gasteiger partial charge in [0.2, 0.25) is 29.5 Å². The fraction of sp³-hybridized carbons (Fsp3) is 0.525. The molecule has 2 saturated carbocycles. The number of amides is 5. The fourth-order valence-electron chi connectivity index (χ4n) is 13.8. The maximum Gasteiger partial charge on any atom is 0.238 e. The van der Waals surface area contributed by atoms with Crippen LogP contribution in [-0.4, -0.2) is 121 Å². The van der Waals surface area contributed by atoms with E-state index in [1.54, 1.807) is 36.9 Å². The van der Waals surface area contributed by atoms with Gasteiger partial charge in [-0.2, -0.15) is 0 Å². The first-order chi connectivity index (χ1) is 36.9. The summed E-state index contributed by atoms with van der Waals surface area (Å²) < 4.78 is 17.2. The van der Waals surface area contributed by atoms with E-state index < -0.39 is 11.3 Å². The topological polar surface area (TPSA) is 178 Å². The van der Waals surface area contributed by atoms with Crippen LogP contribution in [0.1, 0.15) is 133 Å². The smallest absolute Gasteiger partial charge is 0.238 e. The Kier molecular flexibility index (Phi) is 13.6. The Morgan fingerprint density at radius 3 is 2.24 bits per heavy atom. The lowest BCUT2D eigenvalue weighted by Gasteiger charge is -2.48. The molecule has 5 aromatic rings. The van der Waals surface area contributed by atoms with Crippen molar-refractivity contribution in [1.29, 1.82) is 0 Å². The number of fused-ring (bicyclic) bond motifs is 3. The van der Waals surface area contributed by atoms with Crippen LogP contribution in [0.4, 0.5) is 27.3 Å². The zero-order chi connectivity index (χ0) is 52.2. The van der Waals surface area contributed by atoms with Crippen molar-refractivity contribution < 1.29 is 28.4 Å². The molecule has 12 rings (SSSR count). The van der Waals surface area contributed by atoms with Crippen LogP contribution in [0.2, 0.25) is 0 Å². The highest BCUT2D eigenvalue weighted by atomic mass is 19.1. The Labute approximate surface area is 443 Å². The van der Waals surface area contributed by atoms with Gasteiger partial charge in [0, 0.05) is 92.2 Å². The van der Waals surface area contributed by atoms with Crippen LogP contribution in [0.3, 0.4) is 0 Å². The predicted molar refractivity (Wildman–Crippen MR) is 288 cm³/mol. The Hall–Kier alpha value is -6.75. The summed E-state index contributed by atoms with van der Waals surface area (Å²) in [5, 5.41) is 9.30. The van der Waals surface area contributed by atoms with Gasteiger partial charge in [-0.25, -0.2) is 14.4 Å². The highest BCUT2D eigenvalue weighted by Gasteiger charge is 2.56. The number of hydrogen-bond acceptors (Lipinski definition) is 11. The van der Waals surface area contributed by atoms with Crippen molar-refractivity contribution in [2.75, 3.05) is 54.8 Å². The van der Waals surface area contributed by atoms with Crippen molar-refractivity contribution in [3.63, 3.8) is 0 Å². The predicted octanol–water partition coefficient (Wildman–Crippen LogP) is 8.61. The highest BCUT2D eigenvalue weighted by Crippen LogP contribution is 2.52. The number of para-hydroxylation sites is 1. The number of halogens is 1. The number of nitrogens with zero attached hydrogens (tertiary/aromatic N) is 8. The van der Waals surface area contributed by atoms with E-state index in [4.69, 9.17) is 9.97 Å². The van der Waals surface area contributed by atoms with Crippen LogP contribution < -0.4 is 20.9 Å². The van der Waals surface area contributed by atoms with E-state index in [0.717, 1.165) is 90.7 Å². The fourth-order valence-corrected chi connectivity index (χ4v) is 13.8. The summed E-state index contributed by atoms with van der Waals surface area (Å²) >= 11 is 0. The average molecular weight is 1030 g/mol. The molecule has 1 atom stereocenters. The minimum Gasteiger partial charge on any atom is -0.381 e. The zero-order valence-corrected chi connectivity index (χ0v) is 43.8. The molecule has 3 aromatic heterocycles. The second kappa shape index (κ2) is 20.7. The molecule has 2 aromatic carbocycles. The van der Waals surface area contributed by atoms with E-state index in [2.05, 4.69) is 62.8 Å². The summed E-state index contributed by atoms with van der Waals surface area (Å²) in [4.78, 5) is 90.7. The molecule has 2 aliphatic carbocycles. The molecule has 0 unspecified atom stereocenters. The monoisotopic (exact) mass is 1030 g/mol. The van der Waals surface area contributed by atoms with Crippen LogP contribution in [-0.2, 0) is 29.4 Å². The number of imidazole rings is 1. The van der Waals surface area contributed by atoms with Gasteiger partial charge < -0.3 is 34.8 Å². The molecule has 6 fully saturated rings. The summed E-state index contributed by atoms with van der Waals surface area (Å²) in [6.45, 7) is 8.52. The van der Waals surface area contributed by atoms with E-state index in [9.17, 15) is 19.2 Å². The standard InChI is InChI=1S/C59H70FN11O5/c1-36(2)70-35-62-50-32-49(65-54(53(50)70)64-48-9-5-4-8-47(48)60)39-12-16-46-51(29-39)71(44-30-43(31-44)67-22-6-3-7-23-67)58(76)59(46)20-26-69(27-21-59)57(75)38-18-24-68(25-19-38)56(74)37-10-13-41(14-11-37)63-42-28-40(33-61-34-42)45-15-17-52(72)66-55(45)73/h4-5,8-9,12,16,28-29,32-38,41,43-45,63H,3,6-7,10-11,13-15,17-27,30-31H2,1-2H3,(H,64,65)(H,66,72,73)/t37?,41?,43?,44?,45-/m1/s1. The van der Waals surface area contributed by atoms with Crippen molar-refractivity contribution in [1.82, 2.24) is 39.5 Å². The molecule has 0 radical (unpaired) electrons. The number of aromatic nitrogens is 4. The minimum absolute atomic E-state index is 0.0517. The molecule has 5 aliphatic heterocycles.